The van der Waals surface area contributed by atoms with Crippen LogP contribution in [0.4, 0.5) is 0 Å². The summed E-state index contributed by atoms with van der Waals surface area (Å²) in [6.07, 6.45) is 0.386. The topological polar surface area (TPSA) is 46.9 Å². The Morgan fingerprint density at radius 3 is 2.57 bits per heavy atom. The number of hydrogen-bond acceptors (Lipinski definition) is 2. The molecular weight excluding hydrogens is 286 g/mol. The first-order valence-corrected chi connectivity index (χ1v) is 7.97. The van der Waals surface area contributed by atoms with Gasteiger partial charge in [0, 0.05) is 6.54 Å². The molecule has 118 valence electrons. The van der Waals surface area contributed by atoms with Gasteiger partial charge >= 0.3 is 0 Å². The van der Waals surface area contributed by atoms with Gasteiger partial charge in [-0.25, -0.2) is 4.98 Å². The highest BCUT2D eigenvalue weighted by Gasteiger charge is 2.17. The summed E-state index contributed by atoms with van der Waals surface area (Å²) in [4.78, 5) is 17.0. The van der Waals surface area contributed by atoms with Crippen LogP contribution in [0.3, 0.4) is 0 Å². The van der Waals surface area contributed by atoms with Crippen molar-refractivity contribution in [2.75, 3.05) is 0 Å². The molecule has 1 atom stereocenters. The third kappa shape index (κ3) is 3.26. The summed E-state index contributed by atoms with van der Waals surface area (Å²) in [7, 11) is 0. The largest absolute Gasteiger partial charge is 0.346 e. The lowest BCUT2D eigenvalue weighted by molar-refractivity contribution is -0.121. The third-order valence-electron chi connectivity index (χ3n) is 3.97. The molecule has 0 radical (unpaired) electrons. The van der Waals surface area contributed by atoms with E-state index in [0.717, 1.165) is 29.0 Å². The Morgan fingerprint density at radius 1 is 1.13 bits per heavy atom. The van der Waals surface area contributed by atoms with Gasteiger partial charge in [-0.3, -0.25) is 4.79 Å². The van der Waals surface area contributed by atoms with E-state index in [4.69, 9.17) is 4.98 Å². The second-order valence-corrected chi connectivity index (χ2v) is 5.65. The maximum atomic E-state index is 12.3. The minimum atomic E-state index is -0.126. The summed E-state index contributed by atoms with van der Waals surface area (Å²) >= 11 is 0. The van der Waals surface area contributed by atoms with Crippen molar-refractivity contribution in [3.05, 3.63) is 66.0 Å². The van der Waals surface area contributed by atoms with Crippen molar-refractivity contribution >= 4 is 16.9 Å². The third-order valence-corrected chi connectivity index (χ3v) is 3.97. The summed E-state index contributed by atoms with van der Waals surface area (Å²) in [6, 6.07) is 17.7. The normalized spacial score (nSPS) is 12.3. The lowest BCUT2D eigenvalue weighted by atomic mass is 10.1. The van der Waals surface area contributed by atoms with Crippen LogP contribution in [-0.4, -0.2) is 15.5 Å². The van der Waals surface area contributed by atoms with Crippen molar-refractivity contribution in [2.45, 2.75) is 32.9 Å². The number of carbonyl (C=O) groups excluding carboxylic acids is 1. The number of rotatable bonds is 5. The molecule has 0 spiro atoms. The molecule has 1 heterocycles. The molecule has 23 heavy (non-hydrogen) atoms. The Kier molecular flexibility index (Phi) is 4.42. The molecule has 2 aromatic carbocycles. The predicted octanol–water partition coefficient (Wildman–Crippen LogP) is 3.48. The molecular formula is C19H21N3O. The number of fused-ring (bicyclic) bond motifs is 1. The first-order valence-electron chi connectivity index (χ1n) is 7.97. The number of hydrogen-bond donors (Lipinski definition) is 1. The molecule has 3 aromatic rings. The van der Waals surface area contributed by atoms with Crippen LogP contribution in [-0.2, 0) is 17.8 Å². The summed E-state index contributed by atoms with van der Waals surface area (Å²) in [5, 5.41) is 3.06. The lowest BCUT2D eigenvalue weighted by Gasteiger charge is -2.15. The number of nitrogens with zero attached hydrogens (tertiary/aromatic N) is 2. The van der Waals surface area contributed by atoms with E-state index in [9.17, 15) is 4.79 Å². The van der Waals surface area contributed by atoms with Crippen molar-refractivity contribution < 1.29 is 4.79 Å². The van der Waals surface area contributed by atoms with Gasteiger partial charge in [-0.2, -0.15) is 0 Å². The Bertz CT molecular complexity index is 808. The molecule has 0 saturated carbocycles. The zero-order valence-electron chi connectivity index (χ0n) is 13.5. The molecule has 1 aromatic heterocycles. The lowest BCUT2D eigenvalue weighted by Crippen LogP contribution is -2.29. The van der Waals surface area contributed by atoms with E-state index in [2.05, 4.69) is 22.9 Å². The number of benzene rings is 2. The van der Waals surface area contributed by atoms with E-state index in [1.807, 2.05) is 55.5 Å². The quantitative estimate of drug-likeness (QED) is 0.784. The first-order chi connectivity index (χ1) is 11.2. The molecule has 0 bridgehead atoms. The smallest absolute Gasteiger partial charge is 0.224 e. The Hall–Kier alpha value is -2.62. The van der Waals surface area contributed by atoms with Gasteiger partial charge in [-0.15, -0.1) is 0 Å². The molecule has 0 aliphatic carbocycles. The van der Waals surface area contributed by atoms with Crippen LogP contribution in [0.2, 0.25) is 0 Å². The van der Waals surface area contributed by atoms with Crippen molar-refractivity contribution in [3.8, 4) is 0 Å². The minimum Gasteiger partial charge on any atom is -0.346 e. The molecule has 4 heteroatoms. The first kappa shape index (κ1) is 15.3. The zero-order chi connectivity index (χ0) is 16.2. The number of nitrogens with one attached hydrogen (secondary N) is 1. The van der Waals surface area contributed by atoms with Gasteiger partial charge < -0.3 is 9.88 Å². The van der Waals surface area contributed by atoms with Crippen LogP contribution in [0, 0.1) is 0 Å². The second kappa shape index (κ2) is 6.65. The van der Waals surface area contributed by atoms with Crippen molar-refractivity contribution in [1.82, 2.24) is 14.9 Å². The van der Waals surface area contributed by atoms with Crippen LogP contribution in [0.1, 0.15) is 31.3 Å². The standard InChI is InChI=1S/C19H21N3O/c1-3-22-17-12-8-7-11-16(17)21-19(22)14(2)20-18(23)13-15-9-5-4-6-10-15/h4-12,14H,3,13H2,1-2H3,(H,20,23)/t14-/m0/s1. The average Bonchev–Trinajstić information content (AvgIpc) is 2.94. The molecule has 0 saturated heterocycles. The number of aryl methyl sites for hydroxylation is 1. The SMILES string of the molecule is CCn1c([C@H](C)NC(=O)Cc2ccccc2)nc2ccccc21. The summed E-state index contributed by atoms with van der Waals surface area (Å²) in [5.74, 6) is 0.911. The molecule has 4 nitrogen and oxygen atoms in total. The van der Waals surface area contributed by atoms with Gasteiger partial charge in [-0.05, 0) is 31.5 Å². The van der Waals surface area contributed by atoms with Crippen LogP contribution >= 0.6 is 0 Å². The molecule has 0 aliphatic heterocycles. The highest BCUT2D eigenvalue weighted by atomic mass is 16.1. The predicted molar refractivity (Wildman–Crippen MR) is 92.1 cm³/mol. The monoisotopic (exact) mass is 307 g/mol. The van der Waals surface area contributed by atoms with Crippen LogP contribution in [0.25, 0.3) is 11.0 Å². The van der Waals surface area contributed by atoms with Gasteiger partial charge in [0.25, 0.3) is 0 Å². The van der Waals surface area contributed by atoms with Gasteiger partial charge in [-0.1, -0.05) is 42.5 Å². The maximum Gasteiger partial charge on any atom is 0.224 e. The van der Waals surface area contributed by atoms with Gasteiger partial charge in [0.1, 0.15) is 5.82 Å². The average molecular weight is 307 g/mol. The second-order valence-electron chi connectivity index (χ2n) is 5.65. The number of imidazole rings is 1. The number of carbonyl (C=O) groups is 1. The van der Waals surface area contributed by atoms with E-state index >= 15 is 0 Å². The highest BCUT2D eigenvalue weighted by molar-refractivity contribution is 5.79. The van der Waals surface area contributed by atoms with Crippen molar-refractivity contribution in [2.24, 2.45) is 0 Å². The number of amides is 1. The number of aromatic nitrogens is 2. The molecule has 1 N–H and O–H groups in total. The van der Waals surface area contributed by atoms with E-state index in [1.54, 1.807) is 0 Å². The molecule has 0 fully saturated rings. The maximum absolute atomic E-state index is 12.3. The highest BCUT2D eigenvalue weighted by Crippen LogP contribution is 2.20. The fourth-order valence-corrected chi connectivity index (χ4v) is 2.90. The minimum absolute atomic E-state index is 0.0124. The van der Waals surface area contributed by atoms with Gasteiger partial charge in [0.2, 0.25) is 5.91 Å². The number of para-hydroxylation sites is 2. The Balaban J connectivity index is 1.78. The molecule has 0 aliphatic rings. The van der Waals surface area contributed by atoms with E-state index in [0.29, 0.717) is 6.42 Å². The van der Waals surface area contributed by atoms with E-state index in [1.165, 1.54) is 0 Å². The van der Waals surface area contributed by atoms with Crippen LogP contribution in [0.5, 0.6) is 0 Å². The summed E-state index contributed by atoms with van der Waals surface area (Å²) in [5.41, 5.74) is 3.09. The summed E-state index contributed by atoms with van der Waals surface area (Å²) < 4.78 is 2.16. The van der Waals surface area contributed by atoms with Crippen molar-refractivity contribution in [1.29, 1.82) is 0 Å². The van der Waals surface area contributed by atoms with Gasteiger partial charge in [0.15, 0.2) is 0 Å². The molecule has 3 rings (SSSR count). The fraction of sp³-hybridized carbons (Fsp3) is 0.263. The van der Waals surface area contributed by atoms with Crippen molar-refractivity contribution in [3.63, 3.8) is 0 Å². The van der Waals surface area contributed by atoms with Crippen LogP contribution in [0.15, 0.2) is 54.6 Å². The fourth-order valence-electron chi connectivity index (χ4n) is 2.90. The zero-order valence-corrected chi connectivity index (χ0v) is 13.5. The summed E-state index contributed by atoms with van der Waals surface area (Å²) in [6.45, 7) is 4.90. The van der Waals surface area contributed by atoms with Gasteiger partial charge in [0.05, 0.1) is 23.5 Å². The molecule has 0 unspecified atom stereocenters. The van der Waals surface area contributed by atoms with E-state index in [-0.39, 0.29) is 11.9 Å². The Labute approximate surface area is 136 Å². The van der Waals surface area contributed by atoms with E-state index < -0.39 is 0 Å². The Morgan fingerprint density at radius 2 is 1.83 bits per heavy atom. The molecule has 1 amide bonds. The van der Waals surface area contributed by atoms with Crippen LogP contribution < -0.4 is 5.32 Å².